The second kappa shape index (κ2) is 6.31. The van der Waals surface area contributed by atoms with Crippen LogP contribution in [0.3, 0.4) is 0 Å². The van der Waals surface area contributed by atoms with E-state index in [-0.39, 0.29) is 23.5 Å². The number of aryl methyl sites for hydroxylation is 1. The topological polar surface area (TPSA) is 97.5 Å². The second-order valence-corrected chi connectivity index (χ2v) is 10.0. The van der Waals surface area contributed by atoms with Crippen LogP contribution >= 0.6 is 11.3 Å². The molecule has 25 heavy (non-hydrogen) atoms. The standard InChI is InChI=1S/C15H21N5O3S2/c1-2-19(11-7-8-25(22,23)9-11)13(21)6-5-12-18-20-14(10-3-4-10)16-17-15(20)24-12/h10-11H,2-9H2,1H3. The van der Waals surface area contributed by atoms with E-state index in [0.29, 0.717) is 31.7 Å². The molecule has 2 aromatic rings. The summed E-state index contributed by atoms with van der Waals surface area (Å²) in [4.78, 5) is 15.0. The Hall–Kier alpha value is -1.55. The van der Waals surface area contributed by atoms with Crippen molar-refractivity contribution >= 4 is 32.0 Å². The number of carbonyl (C=O) groups excluding carboxylic acids is 1. The van der Waals surface area contributed by atoms with Crippen molar-refractivity contribution in [2.24, 2.45) is 0 Å². The van der Waals surface area contributed by atoms with E-state index in [2.05, 4.69) is 15.3 Å². The largest absolute Gasteiger partial charge is 0.339 e. The van der Waals surface area contributed by atoms with Crippen molar-refractivity contribution in [3.63, 3.8) is 0 Å². The lowest BCUT2D eigenvalue weighted by molar-refractivity contribution is -0.132. The number of nitrogens with zero attached hydrogens (tertiary/aromatic N) is 5. The van der Waals surface area contributed by atoms with Gasteiger partial charge in [-0.1, -0.05) is 11.3 Å². The molecule has 10 heteroatoms. The summed E-state index contributed by atoms with van der Waals surface area (Å²) in [6.45, 7) is 2.43. The summed E-state index contributed by atoms with van der Waals surface area (Å²) in [7, 11) is -2.99. The minimum atomic E-state index is -2.99. The molecule has 1 amide bonds. The molecule has 2 aromatic heterocycles. The summed E-state index contributed by atoms with van der Waals surface area (Å²) in [5, 5.41) is 13.8. The number of rotatable bonds is 6. The van der Waals surface area contributed by atoms with Crippen LogP contribution in [-0.4, -0.2) is 63.1 Å². The summed E-state index contributed by atoms with van der Waals surface area (Å²) in [5.74, 6) is 1.68. The third-order valence-electron chi connectivity index (χ3n) is 4.86. The number of hydrogen-bond donors (Lipinski definition) is 0. The first kappa shape index (κ1) is 16.9. The molecule has 1 saturated carbocycles. The van der Waals surface area contributed by atoms with Crippen molar-refractivity contribution in [1.82, 2.24) is 24.7 Å². The van der Waals surface area contributed by atoms with Crippen LogP contribution < -0.4 is 0 Å². The zero-order valence-electron chi connectivity index (χ0n) is 14.1. The van der Waals surface area contributed by atoms with Crippen molar-refractivity contribution < 1.29 is 13.2 Å². The fourth-order valence-corrected chi connectivity index (χ4v) is 5.96. The first-order valence-corrected chi connectivity index (χ1v) is 11.3. The Kier molecular flexibility index (Phi) is 4.27. The summed E-state index contributed by atoms with van der Waals surface area (Å²) in [6.07, 6.45) is 3.72. The predicted octanol–water partition coefficient (Wildman–Crippen LogP) is 1.03. The van der Waals surface area contributed by atoms with E-state index in [1.54, 1.807) is 4.90 Å². The van der Waals surface area contributed by atoms with Gasteiger partial charge in [0.25, 0.3) is 0 Å². The maximum Gasteiger partial charge on any atom is 0.234 e. The van der Waals surface area contributed by atoms with Crippen LogP contribution in [0.4, 0.5) is 0 Å². The minimum Gasteiger partial charge on any atom is -0.339 e. The van der Waals surface area contributed by atoms with Gasteiger partial charge in [0.2, 0.25) is 10.9 Å². The van der Waals surface area contributed by atoms with Crippen molar-refractivity contribution in [3.05, 3.63) is 10.8 Å². The first-order valence-electron chi connectivity index (χ1n) is 8.68. The lowest BCUT2D eigenvalue weighted by Gasteiger charge is -2.26. The molecule has 0 bridgehead atoms. The Labute approximate surface area is 150 Å². The van der Waals surface area contributed by atoms with Gasteiger partial charge in [-0.3, -0.25) is 4.79 Å². The number of fused-ring (bicyclic) bond motifs is 1. The van der Waals surface area contributed by atoms with Crippen LogP contribution in [0.1, 0.15) is 49.4 Å². The molecule has 0 N–H and O–H groups in total. The molecule has 8 nitrogen and oxygen atoms in total. The number of hydrogen-bond acceptors (Lipinski definition) is 7. The second-order valence-electron chi connectivity index (χ2n) is 6.76. The number of carbonyl (C=O) groups is 1. The molecule has 1 aliphatic carbocycles. The maximum absolute atomic E-state index is 12.6. The molecule has 1 saturated heterocycles. The molecule has 3 heterocycles. The smallest absolute Gasteiger partial charge is 0.234 e. The van der Waals surface area contributed by atoms with Crippen LogP contribution in [0.5, 0.6) is 0 Å². The quantitative estimate of drug-likeness (QED) is 0.739. The average Bonchev–Trinajstić information content (AvgIpc) is 3.05. The fourth-order valence-electron chi connectivity index (χ4n) is 3.39. The van der Waals surface area contributed by atoms with Crippen molar-refractivity contribution in [3.8, 4) is 0 Å². The fraction of sp³-hybridized carbons (Fsp3) is 0.733. The monoisotopic (exact) mass is 383 g/mol. The van der Waals surface area contributed by atoms with Gasteiger partial charge in [-0.2, -0.15) is 9.61 Å². The van der Waals surface area contributed by atoms with Gasteiger partial charge in [-0.25, -0.2) is 8.42 Å². The van der Waals surface area contributed by atoms with E-state index in [1.807, 2.05) is 11.4 Å². The van der Waals surface area contributed by atoms with Crippen molar-refractivity contribution in [2.75, 3.05) is 18.1 Å². The molecular weight excluding hydrogens is 362 g/mol. The van der Waals surface area contributed by atoms with Gasteiger partial charge >= 0.3 is 0 Å². The van der Waals surface area contributed by atoms with Crippen LogP contribution in [0, 0.1) is 0 Å². The van der Waals surface area contributed by atoms with E-state index < -0.39 is 9.84 Å². The molecule has 1 aliphatic heterocycles. The van der Waals surface area contributed by atoms with Gasteiger partial charge in [0.1, 0.15) is 5.01 Å². The van der Waals surface area contributed by atoms with Gasteiger partial charge in [0, 0.05) is 31.3 Å². The molecule has 136 valence electrons. The molecule has 0 radical (unpaired) electrons. The lowest BCUT2D eigenvalue weighted by atomic mass is 10.2. The highest BCUT2D eigenvalue weighted by molar-refractivity contribution is 7.91. The first-order chi connectivity index (χ1) is 12.0. The number of sulfone groups is 1. The third-order valence-corrected chi connectivity index (χ3v) is 7.57. The zero-order chi connectivity index (χ0) is 17.6. The van der Waals surface area contributed by atoms with Gasteiger partial charge in [0.05, 0.1) is 11.5 Å². The molecule has 1 unspecified atom stereocenters. The van der Waals surface area contributed by atoms with Crippen LogP contribution in [0.15, 0.2) is 0 Å². The lowest BCUT2D eigenvalue weighted by Crippen LogP contribution is -2.41. The SMILES string of the molecule is CCN(C(=O)CCc1nn2c(C3CC3)nnc2s1)C1CCS(=O)(=O)C1. The summed E-state index contributed by atoms with van der Waals surface area (Å²) in [5.41, 5.74) is 0. The van der Waals surface area contributed by atoms with E-state index in [1.165, 1.54) is 11.3 Å². The minimum absolute atomic E-state index is 0.00187. The highest BCUT2D eigenvalue weighted by Gasteiger charge is 2.34. The molecule has 0 aromatic carbocycles. The maximum atomic E-state index is 12.6. The number of amides is 1. The molecule has 2 fully saturated rings. The van der Waals surface area contributed by atoms with Gasteiger partial charge in [0.15, 0.2) is 15.7 Å². The van der Waals surface area contributed by atoms with Gasteiger partial charge < -0.3 is 4.90 Å². The van der Waals surface area contributed by atoms with E-state index in [0.717, 1.165) is 28.6 Å². The molecule has 2 aliphatic rings. The van der Waals surface area contributed by atoms with Crippen LogP contribution in [0.2, 0.25) is 0 Å². The van der Waals surface area contributed by atoms with Crippen LogP contribution in [0.25, 0.3) is 4.96 Å². The predicted molar refractivity (Wildman–Crippen MR) is 93.4 cm³/mol. The summed E-state index contributed by atoms with van der Waals surface area (Å²) < 4.78 is 25.1. The Morgan fingerprint density at radius 2 is 2.12 bits per heavy atom. The Balaban J connectivity index is 1.40. The van der Waals surface area contributed by atoms with Gasteiger partial charge in [-0.05, 0) is 26.2 Å². The third kappa shape index (κ3) is 3.41. The summed E-state index contributed by atoms with van der Waals surface area (Å²) in [6, 6.07) is -0.179. The Morgan fingerprint density at radius 3 is 2.76 bits per heavy atom. The number of aromatic nitrogens is 4. The summed E-state index contributed by atoms with van der Waals surface area (Å²) >= 11 is 1.47. The Morgan fingerprint density at radius 1 is 1.32 bits per heavy atom. The average molecular weight is 383 g/mol. The normalized spacial score (nSPS) is 22.5. The van der Waals surface area contributed by atoms with E-state index in [9.17, 15) is 13.2 Å². The van der Waals surface area contributed by atoms with Crippen molar-refractivity contribution in [2.45, 2.75) is 51.0 Å². The van der Waals surface area contributed by atoms with Crippen molar-refractivity contribution in [1.29, 1.82) is 0 Å². The molecular formula is C15H21N5O3S2. The van der Waals surface area contributed by atoms with Gasteiger partial charge in [-0.15, -0.1) is 10.2 Å². The highest BCUT2D eigenvalue weighted by Crippen LogP contribution is 2.39. The highest BCUT2D eigenvalue weighted by atomic mass is 32.2. The van der Waals surface area contributed by atoms with Crippen LogP contribution in [-0.2, 0) is 21.1 Å². The van der Waals surface area contributed by atoms with E-state index >= 15 is 0 Å². The molecule has 1 atom stereocenters. The zero-order valence-corrected chi connectivity index (χ0v) is 15.7. The Bertz CT molecular complexity index is 900. The van der Waals surface area contributed by atoms with E-state index in [4.69, 9.17) is 0 Å². The molecule has 0 spiro atoms. The molecule has 4 rings (SSSR count).